The zero-order chi connectivity index (χ0) is 17.6. The summed E-state index contributed by atoms with van der Waals surface area (Å²) in [4.78, 5) is 14.2. The summed E-state index contributed by atoms with van der Waals surface area (Å²) in [5.74, 6) is -0.423. The first kappa shape index (κ1) is 17.4. The van der Waals surface area contributed by atoms with Crippen LogP contribution in [-0.2, 0) is 11.3 Å². The Balaban J connectivity index is 1.72. The van der Waals surface area contributed by atoms with Gasteiger partial charge in [-0.05, 0) is 42.0 Å². The van der Waals surface area contributed by atoms with Crippen LogP contribution >= 0.6 is 0 Å². The number of carbonyl (C=O) groups is 1. The number of rotatable bonds is 4. The Labute approximate surface area is 146 Å². The van der Waals surface area contributed by atoms with Gasteiger partial charge >= 0.3 is 6.09 Å². The largest absolute Gasteiger partial charge is 0.445 e. The number of benzene rings is 2. The molecular weight excluding hydrogens is 324 g/mol. The molecule has 2 aromatic rings. The number of amides is 1. The number of alkyl halides is 1. The van der Waals surface area contributed by atoms with Crippen LogP contribution in [0, 0.1) is 11.7 Å². The maximum Gasteiger partial charge on any atom is 0.410 e. The van der Waals surface area contributed by atoms with Crippen LogP contribution in [0.4, 0.5) is 13.6 Å². The molecule has 2 atom stereocenters. The number of carbonyl (C=O) groups excluding carboxylic acids is 1. The zero-order valence-electron chi connectivity index (χ0n) is 13.9. The van der Waals surface area contributed by atoms with Crippen molar-refractivity contribution in [3.8, 4) is 0 Å². The van der Waals surface area contributed by atoms with Crippen molar-refractivity contribution in [3.05, 3.63) is 71.5 Å². The third-order valence-corrected chi connectivity index (χ3v) is 4.62. The van der Waals surface area contributed by atoms with E-state index in [1.54, 1.807) is 17.0 Å². The number of nitrogens with zero attached hydrogens (tertiary/aromatic N) is 1. The molecule has 132 valence electrons. The van der Waals surface area contributed by atoms with E-state index in [1.807, 2.05) is 30.3 Å². The van der Waals surface area contributed by atoms with Gasteiger partial charge in [0.2, 0.25) is 0 Å². The van der Waals surface area contributed by atoms with Crippen molar-refractivity contribution in [3.63, 3.8) is 0 Å². The first-order valence-corrected chi connectivity index (χ1v) is 8.46. The zero-order valence-corrected chi connectivity index (χ0v) is 13.9. The molecule has 0 spiro atoms. The molecule has 5 heteroatoms. The molecule has 1 aliphatic rings. The lowest BCUT2D eigenvalue weighted by molar-refractivity contribution is 0.0530. The van der Waals surface area contributed by atoms with Gasteiger partial charge in [0, 0.05) is 6.54 Å². The molecule has 0 N–H and O–H groups in total. The fourth-order valence-electron chi connectivity index (χ4n) is 3.20. The van der Waals surface area contributed by atoms with Crippen molar-refractivity contribution in [2.75, 3.05) is 13.2 Å². The summed E-state index contributed by atoms with van der Waals surface area (Å²) in [5.41, 5.74) is 1.71. The van der Waals surface area contributed by atoms with Gasteiger partial charge in [-0.25, -0.2) is 9.18 Å². The summed E-state index contributed by atoms with van der Waals surface area (Å²) in [7, 11) is 0. The second-order valence-electron chi connectivity index (χ2n) is 6.35. The summed E-state index contributed by atoms with van der Waals surface area (Å²) in [6, 6.07) is 15.2. The van der Waals surface area contributed by atoms with E-state index >= 15 is 0 Å². The molecule has 1 heterocycles. The topological polar surface area (TPSA) is 29.5 Å². The van der Waals surface area contributed by atoms with Crippen molar-refractivity contribution >= 4 is 6.09 Å². The average Bonchev–Trinajstić information content (AvgIpc) is 2.67. The molecule has 0 aromatic heterocycles. The molecule has 0 aliphatic carbocycles. The first-order valence-electron chi connectivity index (χ1n) is 8.46. The Morgan fingerprint density at radius 3 is 2.52 bits per heavy atom. The summed E-state index contributed by atoms with van der Waals surface area (Å²) in [5, 5.41) is 0. The smallest absolute Gasteiger partial charge is 0.410 e. The van der Waals surface area contributed by atoms with E-state index in [0.29, 0.717) is 19.4 Å². The summed E-state index contributed by atoms with van der Waals surface area (Å²) >= 11 is 0. The molecule has 0 saturated carbocycles. The fourth-order valence-corrected chi connectivity index (χ4v) is 3.20. The highest BCUT2D eigenvalue weighted by Gasteiger charge is 2.33. The predicted molar refractivity (Wildman–Crippen MR) is 91.2 cm³/mol. The lowest BCUT2D eigenvalue weighted by atomic mass is 9.88. The van der Waals surface area contributed by atoms with Crippen LogP contribution in [-0.4, -0.2) is 24.2 Å². The van der Waals surface area contributed by atoms with E-state index < -0.39 is 12.8 Å². The number of likely N-dealkylation sites (tertiary alicyclic amines) is 1. The molecule has 3 rings (SSSR count). The van der Waals surface area contributed by atoms with Gasteiger partial charge in [-0.3, -0.25) is 4.39 Å². The van der Waals surface area contributed by atoms with Gasteiger partial charge in [0.1, 0.15) is 12.4 Å². The van der Waals surface area contributed by atoms with Gasteiger partial charge in [-0.1, -0.05) is 42.5 Å². The van der Waals surface area contributed by atoms with E-state index in [2.05, 4.69) is 0 Å². The third-order valence-electron chi connectivity index (χ3n) is 4.62. The quantitative estimate of drug-likeness (QED) is 0.790. The fraction of sp³-hybridized carbons (Fsp3) is 0.350. The number of halogens is 2. The van der Waals surface area contributed by atoms with Crippen LogP contribution < -0.4 is 0 Å². The van der Waals surface area contributed by atoms with E-state index in [4.69, 9.17) is 4.74 Å². The van der Waals surface area contributed by atoms with Crippen molar-refractivity contribution in [1.82, 2.24) is 4.90 Å². The standard InChI is InChI=1S/C20H21F2NO2/c21-13-16-10-11-23(19(12-16)17-6-8-18(22)9-7-17)20(24)25-14-15-4-2-1-3-5-15/h1-9,16,19H,10-14H2. The summed E-state index contributed by atoms with van der Waals surface area (Å²) in [6.45, 7) is 0.216. The van der Waals surface area contributed by atoms with Crippen LogP contribution in [0.3, 0.4) is 0 Å². The lowest BCUT2D eigenvalue weighted by Crippen LogP contribution is -2.41. The highest BCUT2D eigenvalue weighted by atomic mass is 19.1. The minimum Gasteiger partial charge on any atom is -0.445 e. The molecular formula is C20H21F2NO2. The van der Waals surface area contributed by atoms with Crippen LogP contribution in [0.1, 0.15) is 30.0 Å². The van der Waals surface area contributed by atoms with Crippen LogP contribution in [0.25, 0.3) is 0 Å². The number of piperidine rings is 1. The van der Waals surface area contributed by atoms with Crippen LogP contribution in [0.15, 0.2) is 54.6 Å². The van der Waals surface area contributed by atoms with Gasteiger partial charge in [-0.15, -0.1) is 0 Å². The van der Waals surface area contributed by atoms with Crippen LogP contribution in [0.5, 0.6) is 0 Å². The minimum absolute atomic E-state index is 0.0896. The van der Waals surface area contributed by atoms with Gasteiger partial charge in [-0.2, -0.15) is 0 Å². The van der Waals surface area contributed by atoms with Gasteiger partial charge in [0.25, 0.3) is 0 Å². The van der Waals surface area contributed by atoms with Crippen molar-refractivity contribution in [1.29, 1.82) is 0 Å². The number of ether oxygens (including phenoxy) is 1. The molecule has 2 aromatic carbocycles. The van der Waals surface area contributed by atoms with E-state index in [-0.39, 0.29) is 24.4 Å². The molecule has 25 heavy (non-hydrogen) atoms. The molecule has 2 unspecified atom stereocenters. The molecule has 1 saturated heterocycles. The van der Waals surface area contributed by atoms with Crippen LogP contribution in [0.2, 0.25) is 0 Å². The molecule has 1 fully saturated rings. The average molecular weight is 345 g/mol. The lowest BCUT2D eigenvalue weighted by Gasteiger charge is -2.38. The van der Waals surface area contributed by atoms with E-state index in [9.17, 15) is 13.6 Å². The highest BCUT2D eigenvalue weighted by molar-refractivity contribution is 5.68. The maximum absolute atomic E-state index is 13.2. The molecule has 0 radical (unpaired) electrons. The van der Waals surface area contributed by atoms with E-state index in [0.717, 1.165) is 11.1 Å². The number of hydrogen-bond acceptors (Lipinski definition) is 2. The summed E-state index contributed by atoms with van der Waals surface area (Å²) in [6.07, 6.45) is 0.701. The molecule has 0 bridgehead atoms. The first-order chi connectivity index (χ1) is 12.2. The monoisotopic (exact) mass is 345 g/mol. The van der Waals surface area contributed by atoms with Gasteiger partial charge in [0.15, 0.2) is 0 Å². The normalized spacial score (nSPS) is 20.3. The Morgan fingerprint density at radius 2 is 1.84 bits per heavy atom. The summed E-state index contributed by atoms with van der Waals surface area (Å²) < 4.78 is 31.8. The van der Waals surface area contributed by atoms with Crippen molar-refractivity contribution in [2.24, 2.45) is 5.92 Å². The molecule has 3 nitrogen and oxygen atoms in total. The van der Waals surface area contributed by atoms with Crippen molar-refractivity contribution in [2.45, 2.75) is 25.5 Å². The second-order valence-corrected chi connectivity index (χ2v) is 6.35. The van der Waals surface area contributed by atoms with E-state index in [1.165, 1.54) is 12.1 Å². The Kier molecular flexibility index (Phi) is 5.64. The van der Waals surface area contributed by atoms with Gasteiger partial charge < -0.3 is 9.64 Å². The Bertz CT molecular complexity index is 691. The van der Waals surface area contributed by atoms with Crippen molar-refractivity contribution < 1.29 is 18.3 Å². The predicted octanol–water partition coefficient (Wildman–Crippen LogP) is 4.89. The third kappa shape index (κ3) is 4.35. The highest BCUT2D eigenvalue weighted by Crippen LogP contribution is 2.35. The SMILES string of the molecule is O=C(OCc1ccccc1)N1CCC(CF)CC1c1ccc(F)cc1. The molecule has 1 aliphatic heterocycles. The maximum atomic E-state index is 13.2. The Morgan fingerprint density at radius 1 is 1.12 bits per heavy atom. The second kappa shape index (κ2) is 8.10. The minimum atomic E-state index is -0.421. The number of hydrogen-bond donors (Lipinski definition) is 0. The Hall–Kier alpha value is -2.43. The molecule has 1 amide bonds. The van der Waals surface area contributed by atoms with Gasteiger partial charge in [0.05, 0.1) is 12.7 Å².